The van der Waals surface area contributed by atoms with Gasteiger partial charge in [0.2, 0.25) is 0 Å². The summed E-state index contributed by atoms with van der Waals surface area (Å²) >= 11 is 0. The van der Waals surface area contributed by atoms with E-state index in [4.69, 9.17) is 5.11 Å². The Morgan fingerprint density at radius 1 is 1.40 bits per heavy atom. The minimum Gasteiger partial charge on any atom is -0.396 e. The number of rotatable bonds is 2. The second-order valence-corrected chi connectivity index (χ2v) is 4.03. The maximum Gasteiger partial charge on any atom is 0.138 e. The van der Waals surface area contributed by atoms with Crippen LogP contribution in [0.1, 0.15) is 0 Å². The molecule has 0 aliphatic carbocycles. The topological polar surface area (TPSA) is 40.8 Å². The van der Waals surface area contributed by atoms with E-state index in [9.17, 15) is 0 Å². The summed E-state index contributed by atoms with van der Waals surface area (Å²) in [5, 5.41) is 8.95. The largest absolute Gasteiger partial charge is 0.396 e. The number of fused-ring (bicyclic) bond motifs is 1. The molecule has 0 bridgehead atoms. The molecule has 1 aliphatic rings. The fraction of sp³-hybridized carbons (Fsp3) is 0.364. The van der Waals surface area contributed by atoms with Crippen molar-refractivity contribution < 1.29 is 5.11 Å². The van der Waals surface area contributed by atoms with Gasteiger partial charge in [0.05, 0.1) is 0 Å². The highest BCUT2D eigenvalue weighted by Crippen LogP contribution is 2.24. The Hall–Kier alpha value is -1.55. The fourth-order valence-electron chi connectivity index (χ4n) is 1.99. The Morgan fingerprint density at radius 3 is 3.07 bits per heavy atom. The van der Waals surface area contributed by atoms with Gasteiger partial charge in [-0.2, -0.15) is 0 Å². The van der Waals surface area contributed by atoms with E-state index < -0.39 is 0 Å². The summed E-state index contributed by atoms with van der Waals surface area (Å²) in [6.45, 7) is 2.20. The van der Waals surface area contributed by atoms with E-state index in [1.807, 2.05) is 16.8 Å². The maximum atomic E-state index is 8.95. The van der Waals surface area contributed by atoms with Gasteiger partial charge in [0.1, 0.15) is 5.65 Å². The number of anilines is 1. The highest BCUT2D eigenvalue weighted by atomic mass is 16.3. The van der Waals surface area contributed by atoms with Crippen LogP contribution in [0.5, 0.6) is 0 Å². The monoisotopic (exact) mass is 203 g/mol. The first-order chi connectivity index (χ1) is 7.36. The number of hydrogen-bond donors (Lipinski definition) is 1. The molecule has 4 heteroatoms. The molecule has 1 aliphatic heterocycles. The van der Waals surface area contributed by atoms with Gasteiger partial charge in [0, 0.05) is 56.0 Å². The molecule has 3 heterocycles. The molecule has 1 saturated heterocycles. The lowest BCUT2D eigenvalue weighted by atomic mass is 10.0. The Kier molecular flexibility index (Phi) is 1.89. The highest BCUT2D eigenvalue weighted by Gasteiger charge is 2.26. The first-order valence-corrected chi connectivity index (χ1v) is 5.15. The van der Waals surface area contributed by atoms with Crippen LogP contribution in [0.4, 0.5) is 5.69 Å². The molecule has 0 unspecified atom stereocenters. The van der Waals surface area contributed by atoms with Crippen LogP contribution >= 0.6 is 0 Å². The quantitative estimate of drug-likeness (QED) is 0.783. The number of aliphatic hydroxyl groups is 1. The Labute approximate surface area is 87.8 Å². The minimum absolute atomic E-state index is 0.294. The predicted molar refractivity (Wildman–Crippen MR) is 58.0 cm³/mol. The molecule has 0 amide bonds. The van der Waals surface area contributed by atoms with Crippen LogP contribution in [0.2, 0.25) is 0 Å². The van der Waals surface area contributed by atoms with E-state index in [1.165, 1.54) is 5.69 Å². The SMILES string of the molecule is OCC1CN(c2ccn3ccnc3c2)C1. The van der Waals surface area contributed by atoms with Crippen molar-refractivity contribution in [3.05, 3.63) is 30.7 Å². The summed E-state index contributed by atoms with van der Waals surface area (Å²) < 4.78 is 1.99. The molecule has 78 valence electrons. The normalized spacial score (nSPS) is 17.0. The maximum absolute atomic E-state index is 8.95. The van der Waals surface area contributed by atoms with E-state index >= 15 is 0 Å². The van der Waals surface area contributed by atoms with E-state index in [0.29, 0.717) is 12.5 Å². The van der Waals surface area contributed by atoms with E-state index in [-0.39, 0.29) is 0 Å². The van der Waals surface area contributed by atoms with Crippen LogP contribution in [0.3, 0.4) is 0 Å². The van der Waals surface area contributed by atoms with Gasteiger partial charge in [0.25, 0.3) is 0 Å². The van der Waals surface area contributed by atoms with Crippen LogP contribution in [0, 0.1) is 5.92 Å². The summed E-state index contributed by atoms with van der Waals surface area (Å²) in [5.41, 5.74) is 2.17. The molecule has 4 nitrogen and oxygen atoms in total. The van der Waals surface area contributed by atoms with Crippen molar-refractivity contribution in [2.45, 2.75) is 0 Å². The second-order valence-electron chi connectivity index (χ2n) is 4.03. The van der Waals surface area contributed by atoms with Gasteiger partial charge in [-0.15, -0.1) is 0 Å². The Morgan fingerprint density at radius 2 is 2.27 bits per heavy atom. The van der Waals surface area contributed by atoms with Crippen LogP contribution < -0.4 is 4.90 Å². The fourth-order valence-corrected chi connectivity index (χ4v) is 1.99. The number of imidazole rings is 1. The molecular formula is C11H13N3O. The Bertz CT molecular complexity index is 473. The number of aromatic nitrogens is 2. The molecule has 0 atom stereocenters. The smallest absolute Gasteiger partial charge is 0.138 e. The molecule has 0 radical (unpaired) electrons. The predicted octanol–water partition coefficient (Wildman–Crippen LogP) is 0.763. The van der Waals surface area contributed by atoms with Gasteiger partial charge in [-0.1, -0.05) is 0 Å². The van der Waals surface area contributed by atoms with Crippen molar-refractivity contribution in [1.82, 2.24) is 9.38 Å². The zero-order chi connectivity index (χ0) is 10.3. The molecular weight excluding hydrogens is 190 g/mol. The van der Waals surface area contributed by atoms with Gasteiger partial charge in [-0.3, -0.25) is 0 Å². The highest BCUT2D eigenvalue weighted by molar-refractivity contribution is 5.57. The molecule has 2 aromatic rings. The number of hydrogen-bond acceptors (Lipinski definition) is 3. The Balaban J connectivity index is 1.86. The van der Waals surface area contributed by atoms with E-state index in [1.54, 1.807) is 6.20 Å². The van der Waals surface area contributed by atoms with Gasteiger partial charge in [-0.25, -0.2) is 4.98 Å². The van der Waals surface area contributed by atoms with Crippen molar-refractivity contribution in [3.63, 3.8) is 0 Å². The van der Waals surface area contributed by atoms with Gasteiger partial charge in [0.15, 0.2) is 0 Å². The first kappa shape index (κ1) is 8.73. The molecule has 0 spiro atoms. The van der Waals surface area contributed by atoms with Crippen LogP contribution in [-0.4, -0.2) is 34.2 Å². The van der Waals surface area contributed by atoms with Gasteiger partial charge < -0.3 is 14.4 Å². The zero-order valence-corrected chi connectivity index (χ0v) is 8.37. The number of aliphatic hydroxyl groups excluding tert-OH is 1. The lowest BCUT2D eigenvalue weighted by Gasteiger charge is -2.40. The van der Waals surface area contributed by atoms with Crippen molar-refractivity contribution in [1.29, 1.82) is 0 Å². The molecule has 0 aromatic carbocycles. The minimum atomic E-state index is 0.294. The lowest BCUT2D eigenvalue weighted by Crippen LogP contribution is -2.48. The first-order valence-electron chi connectivity index (χ1n) is 5.15. The number of nitrogens with zero attached hydrogens (tertiary/aromatic N) is 3. The average Bonchev–Trinajstić information content (AvgIpc) is 2.63. The van der Waals surface area contributed by atoms with Crippen molar-refractivity contribution in [2.75, 3.05) is 24.6 Å². The molecule has 0 saturated carbocycles. The molecule has 15 heavy (non-hydrogen) atoms. The number of pyridine rings is 1. The molecule has 1 N–H and O–H groups in total. The van der Waals surface area contributed by atoms with E-state index in [2.05, 4.69) is 22.0 Å². The summed E-state index contributed by atoms with van der Waals surface area (Å²) in [5.74, 6) is 0.445. The van der Waals surface area contributed by atoms with Crippen LogP contribution in [0.15, 0.2) is 30.7 Å². The lowest BCUT2D eigenvalue weighted by molar-refractivity contribution is 0.201. The average molecular weight is 203 g/mol. The molecule has 1 fully saturated rings. The van der Waals surface area contributed by atoms with Crippen LogP contribution in [-0.2, 0) is 0 Å². The second kappa shape index (κ2) is 3.24. The van der Waals surface area contributed by atoms with Gasteiger partial charge >= 0.3 is 0 Å². The van der Waals surface area contributed by atoms with Gasteiger partial charge in [-0.05, 0) is 6.07 Å². The summed E-state index contributed by atoms with van der Waals surface area (Å²) in [7, 11) is 0. The van der Waals surface area contributed by atoms with Crippen molar-refractivity contribution in [3.8, 4) is 0 Å². The van der Waals surface area contributed by atoms with E-state index in [0.717, 1.165) is 18.7 Å². The third kappa shape index (κ3) is 1.37. The van der Waals surface area contributed by atoms with Crippen molar-refractivity contribution >= 4 is 11.3 Å². The van der Waals surface area contributed by atoms with Crippen LogP contribution in [0.25, 0.3) is 5.65 Å². The molecule has 2 aromatic heterocycles. The molecule has 3 rings (SSSR count). The third-order valence-electron chi connectivity index (χ3n) is 2.96. The summed E-state index contributed by atoms with van der Waals surface area (Å²) in [4.78, 5) is 6.51. The third-order valence-corrected chi connectivity index (χ3v) is 2.96. The summed E-state index contributed by atoms with van der Waals surface area (Å²) in [6.07, 6.45) is 5.75. The summed E-state index contributed by atoms with van der Waals surface area (Å²) in [6, 6.07) is 4.16. The standard InChI is InChI=1S/C11H13N3O/c15-8-9-6-14(7-9)10-1-3-13-4-2-12-11(13)5-10/h1-5,9,15H,6-8H2. The van der Waals surface area contributed by atoms with Crippen molar-refractivity contribution in [2.24, 2.45) is 5.92 Å². The zero-order valence-electron chi connectivity index (χ0n) is 8.37.